The molecule has 2 N–H and O–H groups in total. The van der Waals surface area contributed by atoms with Crippen molar-refractivity contribution in [3.63, 3.8) is 0 Å². The van der Waals surface area contributed by atoms with Crippen LogP contribution in [0, 0.1) is 0 Å². The molecule has 0 aliphatic rings. The van der Waals surface area contributed by atoms with Crippen LogP contribution < -0.4 is 5.73 Å². The van der Waals surface area contributed by atoms with E-state index in [9.17, 15) is 13.2 Å². The SMILES string of the molecule is NCc1cc(Sc2ncns2)ccc1C(F)(F)F. The zero-order chi connectivity index (χ0) is 13.2. The fourth-order valence-electron chi connectivity index (χ4n) is 1.39. The van der Waals surface area contributed by atoms with E-state index in [4.69, 9.17) is 5.73 Å². The second-order valence-corrected chi connectivity index (χ2v) is 5.43. The lowest BCUT2D eigenvalue weighted by molar-refractivity contribution is -0.138. The summed E-state index contributed by atoms with van der Waals surface area (Å²) in [4.78, 5) is 4.62. The summed E-state index contributed by atoms with van der Waals surface area (Å²) in [7, 11) is 0. The summed E-state index contributed by atoms with van der Waals surface area (Å²) >= 11 is 2.45. The number of rotatable bonds is 3. The van der Waals surface area contributed by atoms with Crippen molar-refractivity contribution < 1.29 is 13.2 Å². The summed E-state index contributed by atoms with van der Waals surface area (Å²) in [5.41, 5.74) is 4.75. The van der Waals surface area contributed by atoms with Crippen LogP contribution in [0.15, 0.2) is 33.8 Å². The van der Waals surface area contributed by atoms with Gasteiger partial charge in [0.1, 0.15) is 6.33 Å². The molecule has 0 unspecified atom stereocenters. The molecule has 0 saturated heterocycles. The molecule has 1 aromatic heterocycles. The Bertz CT molecular complexity index is 526. The summed E-state index contributed by atoms with van der Waals surface area (Å²) in [6.07, 6.45) is -2.97. The number of halogens is 3. The smallest absolute Gasteiger partial charge is 0.326 e. The van der Waals surface area contributed by atoms with Crippen LogP contribution in [0.1, 0.15) is 11.1 Å². The number of nitrogens with two attached hydrogens (primary N) is 1. The Hall–Kier alpha value is -1.12. The number of alkyl halides is 3. The van der Waals surface area contributed by atoms with E-state index >= 15 is 0 Å². The maximum atomic E-state index is 12.7. The molecule has 2 rings (SSSR count). The Labute approximate surface area is 109 Å². The molecule has 1 heterocycles. The van der Waals surface area contributed by atoms with E-state index in [1.165, 1.54) is 41.8 Å². The van der Waals surface area contributed by atoms with E-state index in [1.54, 1.807) is 0 Å². The molecule has 0 fully saturated rings. The monoisotopic (exact) mass is 291 g/mol. The van der Waals surface area contributed by atoms with E-state index < -0.39 is 11.7 Å². The molecule has 0 radical (unpaired) electrons. The van der Waals surface area contributed by atoms with Crippen LogP contribution in [0.3, 0.4) is 0 Å². The Morgan fingerprint density at radius 2 is 2.11 bits per heavy atom. The molecule has 8 heteroatoms. The van der Waals surface area contributed by atoms with Crippen LogP contribution >= 0.6 is 23.3 Å². The summed E-state index contributed by atoms with van der Waals surface area (Å²) < 4.78 is 42.5. The van der Waals surface area contributed by atoms with E-state index in [0.717, 1.165) is 6.07 Å². The van der Waals surface area contributed by atoms with Gasteiger partial charge in [0.05, 0.1) is 5.56 Å². The Balaban J connectivity index is 2.30. The summed E-state index contributed by atoms with van der Waals surface area (Å²) in [5.74, 6) is 0. The van der Waals surface area contributed by atoms with Crippen LogP contribution in [0.4, 0.5) is 13.2 Å². The minimum atomic E-state index is -4.37. The third-order valence-electron chi connectivity index (χ3n) is 2.15. The highest BCUT2D eigenvalue weighted by atomic mass is 32.2. The molecule has 0 aliphatic carbocycles. The first-order chi connectivity index (χ1) is 8.50. The maximum Gasteiger partial charge on any atom is 0.416 e. The number of nitrogens with zero attached hydrogens (tertiary/aromatic N) is 2. The van der Waals surface area contributed by atoms with Gasteiger partial charge in [0.15, 0.2) is 4.34 Å². The summed E-state index contributed by atoms with van der Waals surface area (Å²) in [5, 5.41) is 0. The first kappa shape index (κ1) is 13.3. The van der Waals surface area contributed by atoms with Crippen molar-refractivity contribution in [3.05, 3.63) is 35.7 Å². The zero-order valence-electron chi connectivity index (χ0n) is 8.94. The number of hydrogen-bond donors (Lipinski definition) is 1. The zero-order valence-corrected chi connectivity index (χ0v) is 10.6. The minimum absolute atomic E-state index is 0.0806. The molecule has 0 aliphatic heterocycles. The molecule has 0 bridgehead atoms. The first-order valence-electron chi connectivity index (χ1n) is 4.85. The Morgan fingerprint density at radius 3 is 2.67 bits per heavy atom. The lowest BCUT2D eigenvalue weighted by Crippen LogP contribution is -2.11. The van der Waals surface area contributed by atoms with E-state index in [2.05, 4.69) is 9.36 Å². The largest absolute Gasteiger partial charge is 0.416 e. The topological polar surface area (TPSA) is 51.8 Å². The number of benzene rings is 1. The van der Waals surface area contributed by atoms with Crippen LogP contribution in [0.5, 0.6) is 0 Å². The second kappa shape index (κ2) is 5.25. The predicted molar refractivity (Wildman–Crippen MR) is 63.4 cm³/mol. The van der Waals surface area contributed by atoms with Gasteiger partial charge in [0, 0.05) is 11.4 Å². The van der Waals surface area contributed by atoms with Gasteiger partial charge in [-0.15, -0.1) is 0 Å². The van der Waals surface area contributed by atoms with E-state index in [1.807, 2.05) is 0 Å². The molecule has 2 aromatic rings. The highest BCUT2D eigenvalue weighted by Crippen LogP contribution is 2.35. The highest BCUT2D eigenvalue weighted by molar-refractivity contribution is 8.01. The normalized spacial score (nSPS) is 11.8. The number of hydrogen-bond acceptors (Lipinski definition) is 5. The van der Waals surface area contributed by atoms with Gasteiger partial charge in [-0.3, -0.25) is 0 Å². The molecule has 0 atom stereocenters. The quantitative estimate of drug-likeness (QED) is 0.943. The molecule has 0 spiro atoms. The van der Waals surface area contributed by atoms with Crippen LogP contribution in [-0.4, -0.2) is 9.36 Å². The fraction of sp³-hybridized carbons (Fsp3) is 0.200. The van der Waals surface area contributed by atoms with Crippen molar-refractivity contribution in [1.82, 2.24) is 9.36 Å². The van der Waals surface area contributed by atoms with Gasteiger partial charge < -0.3 is 5.73 Å². The molecular formula is C10H8F3N3S2. The molecule has 0 amide bonds. The van der Waals surface area contributed by atoms with Crippen LogP contribution in [-0.2, 0) is 12.7 Å². The minimum Gasteiger partial charge on any atom is -0.326 e. The van der Waals surface area contributed by atoms with E-state index in [-0.39, 0.29) is 12.1 Å². The van der Waals surface area contributed by atoms with Crippen molar-refractivity contribution in [2.45, 2.75) is 22.0 Å². The van der Waals surface area contributed by atoms with Gasteiger partial charge in [-0.25, -0.2) is 4.98 Å². The second-order valence-electron chi connectivity index (χ2n) is 3.33. The maximum absolute atomic E-state index is 12.7. The lowest BCUT2D eigenvalue weighted by Gasteiger charge is -2.12. The van der Waals surface area contributed by atoms with Crippen molar-refractivity contribution in [3.8, 4) is 0 Å². The number of aromatic nitrogens is 2. The predicted octanol–water partition coefficient (Wildman–Crippen LogP) is 3.17. The van der Waals surface area contributed by atoms with Crippen molar-refractivity contribution in [2.24, 2.45) is 5.73 Å². The molecule has 3 nitrogen and oxygen atoms in total. The Kier molecular flexibility index (Phi) is 3.88. The van der Waals surface area contributed by atoms with Gasteiger partial charge in [-0.1, -0.05) is 11.8 Å². The fourth-order valence-corrected chi connectivity index (χ4v) is 2.87. The summed E-state index contributed by atoms with van der Waals surface area (Å²) in [6, 6.07) is 3.90. The van der Waals surface area contributed by atoms with Crippen molar-refractivity contribution in [1.29, 1.82) is 0 Å². The van der Waals surface area contributed by atoms with Gasteiger partial charge in [-0.05, 0) is 35.3 Å². The molecule has 0 saturated carbocycles. The third-order valence-corrected chi connectivity index (χ3v) is 3.85. The average Bonchev–Trinajstić information content (AvgIpc) is 2.80. The average molecular weight is 291 g/mol. The van der Waals surface area contributed by atoms with Gasteiger partial charge in [0.25, 0.3) is 0 Å². The summed E-state index contributed by atoms with van der Waals surface area (Å²) in [6.45, 7) is -0.153. The Morgan fingerprint density at radius 1 is 1.33 bits per heavy atom. The van der Waals surface area contributed by atoms with Gasteiger partial charge in [-0.2, -0.15) is 17.5 Å². The standard InChI is InChI=1S/C10H8F3N3S2/c11-10(12,13)8-2-1-7(3-6(8)4-14)17-9-15-5-16-18-9/h1-3,5H,4,14H2. The van der Waals surface area contributed by atoms with Crippen molar-refractivity contribution in [2.75, 3.05) is 0 Å². The van der Waals surface area contributed by atoms with Gasteiger partial charge in [0.2, 0.25) is 0 Å². The molecular weight excluding hydrogens is 283 g/mol. The highest BCUT2D eigenvalue weighted by Gasteiger charge is 2.32. The molecule has 18 heavy (non-hydrogen) atoms. The van der Waals surface area contributed by atoms with Gasteiger partial charge >= 0.3 is 6.18 Å². The lowest BCUT2D eigenvalue weighted by atomic mass is 10.1. The molecule has 1 aromatic carbocycles. The van der Waals surface area contributed by atoms with E-state index in [0.29, 0.717) is 9.24 Å². The van der Waals surface area contributed by atoms with Crippen molar-refractivity contribution >= 4 is 23.3 Å². The third kappa shape index (κ3) is 3.01. The molecule has 96 valence electrons. The first-order valence-corrected chi connectivity index (χ1v) is 6.44. The van der Waals surface area contributed by atoms with Crippen LogP contribution in [0.2, 0.25) is 0 Å². The van der Waals surface area contributed by atoms with Crippen LogP contribution in [0.25, 0.3) is 0 Å².